The minimum atomic E-state index is 1.04. The maximum atomic E-state index is 2.57. The molecule has 2 aliphatic carbocycles. The molecule has 2 aliphatic rings. The second kappa shape index (κ2) is 2.32. The van der Waals surface area contributed by atoms with E-state index in [-0.39, 0.29) is 0 Å². The Balaban J connectivity index is 1.80. The third kappa shape index (κ3) is 1.28. The topological polar surface area (TPSA) is 0 Å². The molecule has 0 aromatic carbocycles. The van der Waals surface area contributed by atoms with E-state index in [1.54, 1.807) is 0 Å². The van der Waals surface area contributed by atoms with Gasteiger partial charge < -0.3 is 0 Å². The van der Waals surface area contributed by atoms with E-state index in [4.69, 9.17) is 0 Å². The van der Waals surface area contributed by atoms with Gasteiger partial charge in [-0.3, -0.25) is 0 Å². The summed E-state index contributed by atoms with van der Waals surface area (Å²) < 4.78 is 0. The summed E-state index contributed by atoms with van der Waals surface area (Å²) in [5.41, 5.74) is 0. The second-order valence-corrected chi connectivity index (χ2v) is 3.52. The highest BCUT2D eigenvalue weighted by molar-refractivity contribution is 4.91. The molecular weight excluding hydrogens is 108 g/mol. The molecule has 0 heteroatoms. The molecule has 0 heterocycles. The molecule has 0 aromatic rings. The normalized spacial score (nSPS) is 30.7. The van der Waals surface area contributed by atoms with Crippen LogP contribution in [-0.4, -0.2) is 0 Å². The van der Waals surface area contributed by atoms with Crippen LogP contribution in [-0.2, 0) is 0 Å². The van der Waals surface area contributed by atoms with E-state index in [1.807, 2.05) is 0 Å². The molecule has 0 aromatic heterocycles. The van der Waals surface area contributed by atoms with Gasteiger partial charge in [-0.15, -0.1) is 0 Å². The fourth-order valence-electron chi connectivity index (χ4n) is 1.93. The molecule has 2 rings (SSSR count). The number of hydrogen-bond acceptors (Lipinski definition) is 0. The smallest absolute Gasteiger partial charge is 0.0352 e. The Labute approximate surface area is 57.6 Å². The Morgan fingerprint density at radius 1 is 1.00 bits per heavy atom. The van der Waals surface area contributed by atoms with Crippen LogP contribution in [0.15, 0.2) is 0 Å². The van der Waals surface area contributed by atoms with Crippen LogP contribution in [0.5, 0.6) is 0 Å². The first-order valence-corrected chi connectivity index (χ1v) is 4.30. The van der Waals surface area contributed by atoms with Crippen LogP contribution < -0.4 is 0 Å². The predicted octanol–water partition coefficient (Wildman–Crippen LogP) is 2.79. The van der Waals surface area contributed by atoms with E-state index in [2.05, 4.69) is 6.42 Å². The Kier molecular flexibility index (Phi) is 1.48. The van der Waals surface area contributed by atoms with Gasteiger partial charge in [0, 0.05) is 0 Å². The maximum absolute atomic E-state index is 2.57. The van der Waals surface area contributed by atoms with Gasteiger partial charge in [-0.2, -0.15) is 0 Å². The summed E-state index contributed by atoms with van der Waals surface area (Å²) >= 11 is 0. The van der Waals surface area contributed by atoms with Gasteiger partial charge in [-0.25, -0.2) is 0 Å². The first kappa shape index (κ1) is 5.76. The van der Waals surface area contributed by atoms with Crippen molar-refractivity contribution in [1.82, 2.24) is 0 Å². The van der Waals surface area contributed by atoms with Gasteiger partial charge >= 0.3 is 0 Å². The lowest BCUT2D eigenvalue weighted by atomic mass is 9.86. The predicted molar refractivity (Wildman–Crippen MR) is 39.0 cm³/mol. The van der Waals surface area contributed by atoms with Crippen LogP contribution in [0.25, 0.3) is 0 Å². The molecule has 0 amide bonds. The van der Waals surface area contributed by atoms with Gasteiger partial charge in [0.15, 0.2) is 0 Å². The van der Waals surface area contributed by atoms with Gasteiger partial charge in [0.05, 0.1) is 0 Å². The minimum absolute atomic E-state index is 1.04. The molecule has 0 N–H and O–H groups in total. The van der Waals surface area contributed by atoms with Crippen molar-refractivity contribution in [3.8, 4) is 0 Å². The van der Waals surface area contributed by atoms with Crippen molar-refractivity contribution in [2.75, 3.05) is 0 Å². The lowest BCUT2D eigenvalue weighted by molar-refractivity contribution is 0.404. The molecule has 1 unspecified atom stereocenters. The molecule has 1 atom stereocenters. The first-order chi connectivity index (χ1) is 4.47. The average molecular weight is 123 g/mol. The molecule has 0 spiro atoms. The van der Waals surface area contributed by atoms with Gasteiger partial charge in [0.1, 0.15) is 0 Å². The third-order valence-corrected chi connectivity index (χ3v) is 2.69. The molecule has 0 saturated heterocycles. The van der Waals surface area contributed by atoms with E-state index >= 15 is 0 Å². The fraction of sp³-hybridized carbons (Fsp3) is 0.889. The molecule has 2 fully saturated rings. The lowest BCUT2D eigenvalue weighted by Crippen LogP contribution is -2.08. The SMILES string of the molecule is [CH]1CCCCC1C1CC1. The van der Waals surface area contributed by atoms with Crippen LogP contribution in [0.2, 0.25) is 0 Å². The summed E-state index contributed by atoms with van der Waals surface area (Å²) in [6, 6.07) is 0. The van der Waals surface area contributed by atoms with Crippen molar-refractivity contribution in [2.24, 2.45) is 11.8 Å². The van der Waals surface area contributed by atoms with Crippen LogP contribution in [0.4, 0.5) is 0 Å². The van der Waals surface area contributed by atoms with E-state index < -0.39 is 0 Å². The Morgan fingerprint density at radius 3 is 2.44 bits per heavy atom. The molecule has 0 nitrogen and oxygen atoms in total. The van der Waals surface area contributed by atoms with E-state index in [0.717, 1.165) is 11.8 Å². The zero-order valence-corrected chi connectivity index (χ0v) is 5.97. The van der Waals surface area contributed by atoms with E-state index in [9.17, 15) is 0 Å². The Morgan fingerprint density at radius 2 is 1.89 bits per heavy atom. The number of rotatable bonds is 1. The average Bonchev–Trinajstić information content (AvgIpc) is 2.71. The van der Waals surface area contributed by atoms with Crippen molar-refractivity contribution in [3.05, 3.63) is 6.42 Å². The summed E-state index contributed by atoms with van der Waals surface area (Å²) in [6.45, 7) is 0. The second-order valence-electron chi connectivity index (χ2n) is 3.52. The van der Waals surface area contributed by atoms with Crippen LogP contribution in [0.3, 0.4) is 0 Å². The fourth-order valence-corrected chi connectivity index (χ4v) is 1.93. The lowest BCUT2D eigenvalue weighted by Gasteiger charge is -2.20. The molecule has 1 radical (unpaired) electrons. The number of hydrogen-bond donors (Lipinski definition) is 0. The quantitative estimate of drug-likeness (QED) is 0.503. The highest BCUT2D eigenvalue weighted by Crippen LogP contribution is 2.43. The highest BCUT2D eigenvalue weighted by atomic mass is 14.4. The minimum Gasteiger partial charge on any atom is -0.0530 e. The molecule has 51 valence electrons. The highest BCUT2D eigenvalue weighted by Gasteiger charge is 2.31. The van der Waals surface area contributed by atoms with E-state index in [1.165, 1.54) is 38.5 Å². The van der Waals surface area contributed by atoms with Crippen molar-refractivity contribution in [2.45, 2.75) is 38.5 Å². The van der Waals surface area contributed by atoms with Gasteiger partial charge in [-0.05, 0) is 43.9 Å². The van der Waals surface area contributed by atoms with Gasteiger partial charge in [0.25, 0.3) is 0 Å². The van der Waals surface area contributed by atoms with Gasteiger partial charge in [0.2, 0.25) is 0 Å². The van der Waals surface area contributed by atoms with Crippen molar-refractivity contribution in [1.29, 1.82) is 0 Å². The summed E-state index contributed by atoms with van der Waals surface area (Å²) in [6.07, 6.45) is 11.5. The van der Waals surface area contributed by atoms with Crippen molar-refractivity contribution >= 4 is 0 Å². The van der Waals surface area contributed by atoms with Crippen LogP contribution >= 0.6 is 0 Å². The van der Waals surface area contributed by atoms with Crippen molar-refractivity contribution < 1.29 is 0 Å². The monoisotopic (exact) mass is 123 g/mol. The zero-order chi connectivity index (χ0) is 6.10. The summed E-state index contributed by atoms with van der Waals surface area (Å²) in [5, 5.41) is 0. The van der Waals surface area contributed by atoms with Crippen LogP contribution in [0, 0.1) is 18.3 Å². The molecule has 0 bridgehead atoms. The Bertz CT molecular complexity index is 86.2. The molecule has 2 saturated carbocycles. The maximum Gasteiger partial charge on any atom is -0.0352 e. The van der Waals surface area contributed by atoms with Crippen molar-refractivity contribution in [3.63, 3.8) is 0 Å². The van der Waals surface area contributed by atoms with Crippen LogP contribution in [0.1, 0.15) is 38.5 Å². The summed E-state index contributed by atoms with van der Waals surface area (Å²) in [7, 11) is 0. The summed E-state index contributed by atoms with van der Waals surface area (Å²) in [4.78, 5) is 0. The molecular formula is C9H15. The van der Waals surface area contributed by atoms with E-state index in [0.29, 0.717) is 0 Å². The largest absolute Gasteiger partial charge is 0.0530 e. The summed E-state index contributed by atoms with van der Waals surface area (Å²) in [5.74, 6) is 2.17. The Hall–Kier alpha value is 0. The van der Waals surface area contributed by atoms with Gasteiger partial charge in [-0.1, -0.05) is 12.8 Å². The molecule has 9 heavy (non-hydrogen) atoms. The standard InChI is InChI=1S/C9H15/c1-2-4-8(5-3-1)9-6-7-9/h4,8-9H,1-3,5-7H2. The zero-order valence-electron chi connectivity index (χ0n) is 5.97. The first-order valence-electron chi connectivity index (χ1n) is 4.30. The molecule has 0 aliphatic heterocycles. The third-order valence-electron chi connectivity index (χ3n) is 2.69.